The summed E-state index contributed by atoms with van der Waals surface area (Å²) in [5.74, 6) is 0.856. The van der Waals surface area contributed by atoms with E-state index in [1.54, 1.807) is 50.6 Å². The molecule has 0 aromatic heterocycles. The van der Waals surface area contributed by atoms with Crippen LogP contribution >= 0.6 is 0 Å². The van der Waals surface area contributed by atoms with Crippen LogP contribution in [-0.2, 0) is 27.7 Å². The van der Waals surface area contributed by atoms with Gasteiger partial charge < -0.3 is 14.8 Å². The average molecular weight is 497 g/mol. The molecule has 3 rings (SSSR count). The number of methoxy groups -OCH3 is 2. The molecule has 0 spiro atoms. The van der Waals surface area contributed by atoms with Gasteiger partial charge in [0, 0.05) is 6.54 Å². The number of benzene rings is 3. The van der Waals surface area contributed by atoms with Crippen LogP contribution < -0.4 is 19.1 Å². The first-order chi connectivity index (χ1) is 16.8. The number of sulfonamides is 1. The van der Waals surface area contributed by atoms with Crippen LogP contribution in [-0.4, -0.2) is 41.6 Å². The SMILES string of the molecule is CCc1ccc(N(CC(=O)NCCc2ccc(OC)c(OC)c2)S(=O)(=O)c2ccc(C)cc2)cc1. The van der Waals surface area contributed by atoms with Crippen LogP contribution in [0.3, 0.4) is 0 Å². The molecule has 0 saturated carbocycles. The second-order valence-electron chi connectivity index (χ2n) is 8.13. The van der Waals surface area contributed by atoms with Crippen molar-refractivity contribution in [3.8, 4) is 11.5 Å². The smallest absolute Gasteiger partial charge is 0.264 e. The molecule has 0 aliphatic heterocycles. The number of hydrogen-bond donors (Lipinski definition) is 1. The second-order valence-corrected chi connectivity index (χ2v) is 10.00. The van der Waals surface area contributed by atoms with E-state index in [-0.39, 0.29) is 17.3 Å². The van der Waals surface area contributed by atoms with E-state index in [2.05, 4.69) is 5.32 Å². The van der Waals surface area contributed by atoms with Crippen LogP contribution in [0.1, 0.15) is 23.6 Å². The lowest BCUT2D eigenvalue weighted by molar-refractivity contribution is -0.119. The van der Waals surface area contributed by atoms with E-state index in [0.29, 0.717) is 30.2 Å². The van der Waals surface area contributed by atoms with Crippen molar-refractivity contribution < 1.29 is 22.7 Å². The van der Waals surface area contributed by atoms with Crippen LogP contribution in [0.5, 0.6) is 11.5 Å². The minimum Gasteiger partial charge on any atom is -0.493 e. The summed E-state index contributed by atoms with van der Waals surface area (Å²) in [6.07, 6.45) is 1.39. The van der Waals surface area contributed by atoms with Gasteiger partial charge in [-0.05, 0) is 67.3 Å². The van der Waals surface area contributed by atoms with E-state index in [0.717, 1.165) is 27.4 Å². The Morgan fingerprint density at radius 1 is 0.886 bits per heavy atom. The first-order valence-electron chi connectivity index (χ1n) is 11.4. The van der Waals surface area contributed by atoms with Gasteiger partial charge in [-0.3, -0.25) is 9.10 Å². The summed E-state index contributed by atoms with van der Waals surface area (Å²) in [6.45, 7) is 3.94. The van der Waals surface area contributed by atoms with Gasteiger partial charge in [-0.1, -0.05) is 42.8 Å². The number of aryl methyl sites for hydroxylation is 2. The van der Waals surface area contributed by atoms with Crippen molar-refractivity contribution in [2.45, 2.75) is 31.6 Å². The van der Waals surface area contributed by atoms with Crippen molar-refractivity contribution in [1.82, 2.24) is 5.32 Å². The fraction of sp³-hybridized carbons (Fsp3) is 0.296. The molecular formula is C27H32N2O5S. The second kappa shape index (κ2) is 11.8. The summed E-state index contributed by atoms with van der Waals surface area (Å²) in [5.41, 5.74) is 3.44. The van der Waals surface area contributed by atoms with Gasteiger partial charge in [-0.25, -0.2) is 8.42 Å². The third kappa shape index (κ3) is 6.54. The lowest BCUT2D eigenvalue weighted by atomic mass is 10.1. The van der Waals surface area contributed by atoms with Gasteiger partial charge in [-0.15, -0.1) is 0 Å². The molecule has 0 radical (unpaired) electrons. The molecule has 186 valence electrons. The number of carbonyl (C=O) groups is 1. The topological polar surface area (TPSA) is 84.9 Å². The third-order valence-electron chi connectivity index (χ3n) is 5.71. The number of anilines is 1. The number of rotatable bonds is 11. The predicted octanol–water partition coefficient (Wildman–Crippen LogP) is 4.13. The van der Waals surface area contributed by atoms with E-state index in [4.69, 9.17) is 9.47 Å². The number of hydrogen-bond acceptors (Lipinski definition) is 5. The van der Waals surface area contributed by atoms with E-state index in [1.165, 1.54) is 0 Å². The van der Waals surface area contributed by atoms with Crippen LogP contribution in [0, 0.1) is 6.92 Å². The highest BCUT2D eigenvalue weighted by atomic mass is 32.2. The van der Waals surface area contributed by atoms with Gasteiger partial charge in [0.1, 0.15) is 6.54 Å². The van der Waals surface area contributed by atoms with Gasteiger partial charge >= 0.3 is 0 Å². The van der Waals surface area contributed by atoms with Gasteiger partial charge in [0.25, 0.3) is 10.0 Å². The highest BCUT2D eigenvalue weighted by Crippen LogP contribution is 2.28. The van der Waals surface area contributed by atoms with E-state index in [1.807, 2.05) is 44.2 Å². The molecule has 0 aliphatic carbocycles. The molecule has 0 unspecified atom stereocenters. The van der Waals surface area contributed by atoms with Crippen LogP contribution in [0.2, 0.25) is 0 Å². The van der Waals surface area contributed by atoms with Crippen LogP contribution in [0.4, 0.5) is 5.69 Å². The van der Waals surface area contributed by atoms with Crippen molar-refractivity contribution in [1.29, 1.82) is 0 Å². The zero-order valence-electron chi connectivity index (χ0n) is 20.6. The largest absolute Gasteiger partial charge is 0.493 e. The van der Waals surface area contributed by atoms with Gasteiger partial charge in [-0.2, -0.15) is 0 Å². The van der Waals surface area contributed by atoms with E-state index in [9.17, 15) is 13.2 Å². The highest BCUT2D eigenvalue weighted by molar-refractivity contribution is 7.92. The standard InChI is InChI=1S/C27H32N2O5S/c1-5-21-8-11-23(12-9-21)29(35(31,32)24-13-6-20(2)7-14-24)19-27(30)28-17-16-22-10-15-25(33-3)26(18-22)34-4/h6-15,18H,5,16-17,19H2,1-4H3,(H,28,30). The quantitative estimate of drug-likeness (QED) is 0.432. The molecule has 3 aromatic carbocycles. The molecule has 3 aromatic rings. The molecule has 0 atom stereocenters. The lowest BCUT2D eigenvalue weighted by Gasteiger charge is -2.24. The molecule has 35 heavy (non-hydrogen) atoms. The Bertz CT molecular complexity index is 1240. The van der Waals surface area contributed by atoms with Crippen molar-refractivity contribution in [3.63, 3.8) is 0 Å². The number of ether oxygens (including phenoxy) is 2. The first kappa shape index (κ1) is 26.1. The summed E-state index contributed by atoms with van der Waals surface area (Å²) in [7, 11) is -0.795. The Labute approximate surface area is 207 Å². The Morgan fingerprint density at radius 2 is 1.51 bits per heavy atom. The normalized spacial score (nSPS) is 11.1. The minimum atomic E-state index is -3.94. The highest BCUT2D eigenvalue weighted by Gasteiger charge is 2.27. The summed E-state index contributed by atoms with van der Waals surface area (Å²) in [5, 5.41) is 2.84. The molecule has 1 N–H and O–H groups in total. The summed E-state index contributed by atoms with van der Waals surface area (Å²) in [6, 6.07) is 19.4. The molecule has 7 nitrogen and oxygen atoms in total. The fourth-order valence-electron chi connectivity index (χ4n) is 3.62. The molecule has 0 fully saturated rings. The molecule has 0 heterocycles. The van der Waals surface area contributed by atoms with Crippen molar-refractivity contribution in [2.75, 3.05) is 31.6 Å². The van der Waals surface area contributed by atoms with Crippen molar-refractivity contribution >= 4 is 21.6 Å². The van der Waals surface area contributed by atoms with E-state index < -0.39 is 10.0 Å². The lowest BCUT2D eigenvalue weighted by Crippen LogP contribution is -2.41. The molecule has 0 saturated heterocycles. The molecule has 0 aliphatic rings. The number of amides is 1. The third-order valence-corrected chi connectivity index (χ3v) is 7.50. The molecule has 1 amide bonds. The number of nitrogens with zero attached hydrogens (tertiary/aromatic N) is 1. The Kier molecular flexibility index (Phi) is 8.76. The summed E-state index contributed by atoms with van der Waals surface area (Å²) in [4.78, 5) is 13.0. The summed E-state index contributed by atoms with van der Waals surface area (Å²) >= 11 is 0. The Hall–Kier alpha value is -3.52. The van der Waals surface area contributed by atoms with Gasteiger partial charge in [0.05, 0.1) is 24.8 Å². The molecule has 0 bridgehead atoms. The maximum Gasteiger partial charge on any atom is 0.264 e. The molecular weight excluding hydrogens is 464 g/mol. The Balaban J connectivity index is 1.75. The fourth-order valence-corrected chi connectivity index (χ4v) is 5.04. The van der Waals surface area contributed by atoms with Crippen molar-refractivity contribution in [2.24, 2.45) is 0 Å². The summed E-state index contributed by atoms with van der Waals surface area (Å²) < 4.78 is 38.7. The van der Waals surface area contributed by atoms with Crippen LogP contribution in [0.25, 0.3) is 0 Å². The average Bonchev–Trinajstić information content (AvgIpc) is 2.87. The zero-order chi connectivity index (χ0) is 25.4. The Morgan fingerprint density at radius 3 is 2.11 bits per heavy atom. The maximum atomic E-state index is 13.5. The number of carbonyl (C=O) groups excluding carboxylic acids is 1. The minimum absolute atomic E-state index is 0.140. The first-order valence-corrected chi connectivity index (χ1v) is 12.9. The number of nitrogens with one attached hydrogen (secondary N) is 1. The molecule has 8 heteroatoms. The monoisotopic (exact) mass is 496 g/mol. The van der Waals surface area contributed by atoms with E-state index >= 15 is 0 Å². The zero-order valence-corrected chi connectivity index (χ0v) is 21.4. The van der Waals surface area contributed by atoms with Gasteiger partial charge in [0.2, 0.25) is 5.91 Å². The van der Waals surface area contributed by atoms with Crippen LogP contribution in [0.15, 0.2) is 71.6 Å². The maximum absolute atomic E-state index is 13.5. The van der Waals surface area contributed by atoms with Crippen molar-refractivity contribution in [3.05, 3.63) is 83.4 Å². The van der Waals surface area contributed by atoms with Gasteiger partial charge in [0.15, 0.2) is 11.5 Å². The predicted molar refractivity (Wildman–Crippen MR) is 138 cm³/mol.